The Hall–Kier alpha value is -3.30. The second-order valence-corrected chi connectivity index (χ2v) is 8.27. The highest BCUT2D eigenvalue weighted by molar-refractivity contribution is 5.88. The molecule has 0 aliphatic carbocycles. The second-order valence-electron chi connectivity index (χ2n) is 8.27. The largest absolute Gasteiger partial charge is 0.378 e. The van der Waals surface area contributed by atoms with Crippen molar-refractivity contribution in [3.05, 3.63) is 42.7 Å². The molecule has 5 rings (SSSR count). The molecule has 1 aromatic carbocycles. The van der Waals surface area contributed by atoms with Crippen LogP contribution in [0.15, 0.2) is 42.7 Å². The predicted molar refractivity (Wildman–Crippen MR) is 126 cm³/mol. The number of aromatic nitrogens is 3. The molecule has 33 heavy (non-hydrogen) atoms. The summed E-state index contributed by atoms with van der Waals surface area (Å²) in [6, 6.07) is 10.4. The van der Waals surface area contributed by atoms with Gasteiger partial charge in [-0.25, -0.2) is 9.97 Å². The summed E-state index contributed by atoms with van der Waals surface area (Å²) >= 11 is 0. The fraction of sp³-hybridized carbons (Fsp3) is 0.417. The van der Waals surface area contributed by atoms with Crippen molar-refractivity contribution in [2.45, 2.75) is 13.0 Å². The standard InChI is InChI=1S/C24H28N6O3/c1-17(31)30-10-13-33-20(16-30)15-27-24-23-22(25-6-7-26-23)14-21(28-24)18-2-4-19(5-3-18)29-8-11-32-12-9-29/h2-7,14,20H,8-13,15-16H2,1H3,(H,27,28). The van der Waals surface area contributed by atoms with Gasteiger partial charge in [-0.3, -0.25) is 9.78 Å². The minimum Gasteiger partial charge on any atom is -0.378 e. The Kier molecular flexibility index (Phi) is 6.32. The van der Waals surface area contributed by atoms with Crippen molar-refractivity contribution >= 4 is 28.4 Å². The molecule has 0 radical (unpaired) electrons. The number of ether oxygens (including phenoxy) is 2. The van der Waals surface area contributed by atoms with Gasteiger partial charge in [0, 0.05) is 63.3 Å². The number of hydrogen-bond donors (Lipinski definition) is 1. The fourth-order valence-corrected chi connectivity index (χ4v) is 4.25. The van der Waals surface area contributed by atoms with Gasteiger partial charge < -0.3 is 24.6 Å². The van der Waals surface area contributed by atoms with Crippen LogP contribution in [0.2, 0.25) is 0 Å². The number of morpholine rings is 2. The Morgan fingerprint density at radius 3 is 2.67 bits per heavy atom. The van der Waals surface area contributed by atoms with E-state index in [0.717, 1.165) is 43.1 Å². The predicted octanol–water partition coefficient (Wildman–Crippen LogP) is 2.19. The lowest BCUT2D eigenvalue weighted by Gasteiger charge is -2.32. The summed E-state index contributed by atoms with van der Waals surface area (Å²) in [6.07, 6.45) is 3.25. The summed E-state index contributed by atoms with van der Waals surface area (Å²) in [5.74, 6) is 0.733. The Morgan fingerprint density at radius 2 is 1.88 bits per heavy atom. The van der Waals surface area contributed by atoms with E-state index in [-0.39, 0.29) is 12.0 Å². The van der Waals surface area contributed by atoms with E-state index < -0.39 is 0 Å². The van der Waals surface area contributed by atoms with Gasteiger partial charge in [0.25, 0.3) is 0 Å². The molecule has 2 saturated heterocycles. The molecule has 172 valence electrons. The SMILES string of the molecule is CC(=O)N1CCOC(CNc2nc(-c3ccc(N4CCOCC4)cc3)cc3nccnc23)C1. The molecular weight excluding hydrogens is 420 g/mol. The second kappa shape index (κ2) is 9.68. The molecule has 1 amide bonds. The number of rotatable bonds is 5. The lowest BCUT2D eigenvalue weighted by Crippen LogP contribution is -2.47. The van der Waals surface area contributed by atoms with Gasteiger partial charge in [-0.1, -0.05) is 12.1 Å². The van der Waals surface area contributed by atoms with Crippen molar-refractivity contribution in [2.75, 3.05) is 62.8 Å². The first kappa shape index (κ1) is 21.5. The van der Waals surface area contributed by atoms with E-state index in [1.54, 1.807) is 19.3 Å². The summed E-state index contributed by atoms with van der Waals surface area (Å²) in [5.41, 5.74) is 4.52. The Labute approximate surface area is 192 Å². The monoisotopic (exact) mass is 448 g/mol. The molecule has 2 aromatic heterocycles. The van der Waals surface area contributed by atoms with E-state index in [1.165, 1.54) is 5.69 Å². The van der Waals surface area contributed by atoms with Gasteiger partial charge >= 0.3 is 0 Å². The maximum absolute atomic E-state index is 11.7. The Morgan fingerprint density at radius 1 is 1.09 bits per heavy atom. The number of carbonyl (C=O) groups excluding carboxylic acids is 1. The van der Waals surface area contributed by atoms with Crippen LogP contribution in [0.1, 0.15) is 6.92 Å². The highest BCUT2D eigenvalue weighted by Crippen LogP contribution is 2.27. The topological polar surface area (TPSA) is 92.7 Å². The zero-order valence-corrected chi connectivity index (χ0v) is 18.7. The number of anilines is 2. The molecule has 1 unspecified atom stereocenters. The summed E-state index contributed by atoms with van der Waals surface area (Å²) in [7, 11) is 0. The number of amides is 1. The third-order valence-electron chi connectivity index (χ3n) is 6.08. The van der Waals surface area contributed by atoms with Crippen molar-refractivity contribution in [2.24, 2.45) is 0 Å². The summed E-state index contributed by atoms with van der Waals surface area (Å²) in [4.78, 5) is 29.7. The van der Waals surface area contributed by atoms with Gasteiger partial charge in [0.05, 0.1) is 37.1 Å². The maximum Gasteiger partial charge on any atom is 0.219 e. The number of pyridine rings is 1. The van der Waals surface area contributed by atoms with E-state index in [4.69, 9.17) is 14.5 Å². The first-order valence-electron chi connectivity index (χ1n) is 11.3. The lowest BCUT2D eigenvalue weighted by molar-refractivity contribution is -0.135. The fourth-order valence-electron chi connectivity index (χ4n) is 4.25. The molecule has 9 nitrogen and oxygen atoms in total. The lowest BCUT2D eigenvalue weighted by atomic mass is 10.1. The highest BCUT2D eigenvalue weighted by atomic mass is 16.5. The van der Waals surface area contributed by atoms with Gasteiger partial charge in [-0.2, -0.15) is 0 Å². The number of nitrogens with one attached hydrogen (secondary N) is 1. The molecule has 3 aromatic rings. The molecule has 2 aliphatic heterocycles. The molecule has 0 saturated carbocycles. The summed E-state index contributed by atoms with van der Waals surface area (Å²) in [5, 5.41) is 3.39. The van der Waals surface area contributed by atoms with E-state index in [9.17, 15) is 4.79 Å². The van der Waals surface area contributed by atoms with Crippen molar-refractivity contribution in [1.82, 2.24) is 19.9 Å². The number of carbonyl (C=O) groups is 1. The molecule has 2 fully saturated rings. The van der Waals surface area contributed by atoms with Crippen LogP contribution in [0.3, 0.4) is 0 Å². The molecule has 0 spiro atoms. The number of fused-ring (bicyclic) bond motifs is 1. The molecule has 2 aliphatic rings. The summed E-state index contributed by atoms with van der Waals surface area (Å²) in [6.45, 7) is 7.19. The van der Waals surface area contributed by atoms with Crippen LogP contribution in [0.5, 0.6) is 0 Å². The van der Waals surface area contributed by atoms with Gasteiger partial charge in [0.1, 0.15) is 5.52 Å². The average Bonchev–Trinajstić information content (AvgIpc) is 2.88. The third kappa shape index (κ3) is 4.89. The maximum atomic E-state index is 11.7. The molecule has 1 atom stereocenters. The van der Waals surface area contributed by atoms with Crippen molar-refractivity contribution < 1.29 is 14.3 Å². The molecule has 0 bridgehead atoms. The average molecular weight is 449 g/mol. The van der Waals surface area contributed by atoms with E-state index >= 15 is 0 Å². The number of hydrogen-bond acceptors (Lipinski definition) is 8. The molecule has 4 heterocycles. The zero-order chi connectivity index (χ0) is 22.6. The molecule has 1 N–H and O–H groups in total. The van der Waals surface area contributed by atoms with Gasteiger partial charge in [0.15, 0.2) is 5.82 Å². The normalized spacial score (nSPS) is 19.0. The van der Waals surface area contributed by atoms with Crippen LogP contribution < -0.4 is 10.2 Å². The molecular formula is C24H28N6O3. The number of nitrogens with zero attached hydrogens (tertiary/aromatic N) is 5. The number of benzene rings is 1. The first-order chi connectivity index (χ1) is 16.2. The Bertz CT molecular complexity index is 1120. The van der Waals surface area contributed by atoms with Crippen LogP contribution >= 0.6 is 0 Å². The van der Waals surface area contributed by atoms with E-state index in [1.807, 2.05) is 11.0 Å². The Balaban J connectivity index is 1.37. The van der Waals surface area contributed by atoms with Crippen molar-refractivity contribution in [3.8, 4) is 11.3 Å². The quantitative estimate of drug-likeness (QED) is 0.635. The van der Waals surface area contributed by atoms with Crippen LogP contribution in [0, 0.1) is 0 Å². The summed E-state index contributed by atoms with van der Waals surface area (Å²) < 4.78 is 11.3. The van der Waals surface area contributed by atoms with Gasteiger partial charge in [-0.05, 0) is 18.2 Å². The van der Waals surface area contributed by atoms with Crippen LogP contribution in [-0.2, 0) is 14.3 Å². The van der Waals surface area contributed by atoms with E-state index in [0.29, 0.717) is 37.6 Å². The van der Waals surface area contributed by atoms with E-state index in [2.05, 4.69) is 44.5 Å². The smallest absolute Gasteiger partial charge is 0.219 e. The zero-order valence-electron chi connectivity index (χ0n) is 18.7. The van der Waals surface area contributed by atoms with Gasteiger partial charge in [-0.15, -0.1) is 0 Å². The van der Waals surface area contributed by atoms with Crippen molar-refractivity contribution in [1.29, 1.82) is 0 Å². The van der Waals surface area contributed by atoms with Crippen LogP contribution in [0.25, 0.3) is 22.3 Å². The highest BCUT2D eigenvalue weighted by Gasteiger charge is 2.22. The van der Waals surface area contributed by atoms with Crippen LogP contribution in [0.4, 0.5) is 11.5 Å². The third-order valence-corrected chi connectivity index (χ3v) is 6.08. The minimum atomic E-state index is -0.104. The van der Waals surface area contributed by atoms with Crippen LogP contribution in [-0.4, -0.2) is 84.4 Å². The minimum absolute atomic E-state index is 0.0697. The van der Waals surface area contributed by atoms with Gasteiger partial charge in [0.2, 0.25) is 5.91 Å². The first-order valence-corrected chi connectivity index (χ1v) is 11.3. The molecule has 9 heteroatoms. The van der Waals surface area contributed by atoms with Crippen molar-refractivity contribution in [3.63, 3.8) is 0 Å².